The van der Waals surface area contributed by atoms with E-state index in [9.17, 15) is 17.6 Å². The first-order valence-electron chi connectivity index (χ1n) is 9.50. The second-order valence-corrected chi connectivity index (χ2v) is 8.88. The van der Waals surface area contributed by atoms with Crippen molar-refractivity contribution in [1.29, 1.82) is 0 Å². The number of hydrogen-bond acceptors (Lipinski definition) is 4. The monoisotopic (exact) mass is 442 g/mol. The predicted octanol–water partition coefficient (Wildman–Crippen LogP) is 4.18. The van der Waals surface area contributed by atoms with Gasteiger partial charge in [0, 0.05) is 6.54 Å². The Bertz CT molecular complexity index is 1210. The fraction of sp³-hybridized carbons (Fsp3) is 0.174. The molecule has 2 N–H and O–H groups in total. The molecule has 3 rings (SSSR count). The fourth-order valence-electron chi connectivity index (χ4n) is 2.92. The molecule has 6 nitrogen and oxygen atoms in total. The summed E-state index contributed by atoms with van der Waals surface area (Å²) in [5.41, 5.74) is 2.68. The highest BCUT2D eigenvalue weighted by Crippen LogP contribution is 2.26. The summed E-state index contributed by atoms with van der Waals surface area (Å²) < 4.78 is 47.4. The lowest BCUT2D eigenvalue weighted by atomic mass is 10.1. The van der Waals surface area contributed by atoms with Crippen LogP contribution in [0.5, 0.6) is 5.75 Å². The van der Waals surface area contributed by atoms with Gasteiger partial charge in [-0.2, -0.15) is 0 Å². The van der Waals surface area contributed by atoms with Gasteiger partial charge in [0.2, 0.25) is 10.0 Å². The van der Waals surface area contributed by atoms with Crippen LogP contribution in [0, 0.1) is 19.7 Å². The van der Waals surface area contributed by atoms with Crippen LogP contribution in [0.25, 0.3) is 0 Å². The maximum absolute atomic E-state index is 14.4. The van der Waals surface area contributed by atoms with Crippen molar-refractivity contribution in [2.75, 3.05) is 12.4 Å². The highest BCUT2D eigenvalue weighted by atomic mass is 32.2. The van der Waals surface area contributed by atoms with Gasteiger partial charge in [0.05, 0.1) is 23.3 Å². The zero-order valence-electron chi connectivity index (χ0n) is 17.4. The van der Waals surface area contributed by atoms with Crippen molar-refractivity contribution in [2.24, 2.45) is 0 Å². The number of amides is 1. The lowest BCUT2D eigenvalue weighted by molar-refractivity contribution is 0.102. The number of carbonyl (C=O) groups excluding carboxylic acids is 1. The van der Waals surface area contributed by atoms with Gasteiger partial charge < -0.3 is 10.1 Å². The molecule has 31 heavy (non-hydrogen) atoms. The summed E-state index contributed by atoms with van der Waals surface area (Å²) in [6.07, 6.45) is 0. The molecule has 0 bridgehead atoms. The van der Waals surface area contributed by atoms with E-state index in [0.29, 0.717) is 11.4 Å². The molecular formula is C23H23FN2O4S. The van der Waals surface area contributed by atoms with E-state index in [1.165, 1.54) is 7.11 Å². The van der Waals surface area contributed by atoms with Crippen molar-refractivity contribution in [2.45, 2.75) is 25.3 Å². The summed E-state index contributed by atoms with van der Waals surface area (Å²) in [5.74, 6) is -1.21. The minimum Gasteiger partial charge on any atom is -0.495 e. The van der Waals surface area contributed by atoms with E-state index in [1.54, 1.807) is 12.1 Å². The Hall–Kier alpha value is -3.23. The molecule has 0 aliphatic carbocycles. The van der Waals surface area contributed by atoms with Gasteiger partial charge in [-0.3, -0.25) is 4.79 Å². The van der Waals surface area contributed by atoms with Crippen LogP contribution in [-0.2, 0) is 16.6 Å². The molecule has 0 saturated heterocycles. The first-order chi connectivity index (χ1) is 14.7. The standard InChI is InChI=1S/C23H23FN2O4S/c1-15-4-7-17(8-5-15)14-25-31(28,29)18-9-10-20(24)19(13-18)23(27)26-21-12-16(2)6-11-22(21)30-3/h4-13,25H,14H2,1-3H3,(H,26,27). The van der Waals surface area contributed by atoms with Crippen molar-refractivity contribution in [3.63, 3.8) is 0 Å². The molecule has 0 fully saturated rings. The smallest absolute Gasteiger partial charge is 0.258 e. The first-order valence-corrected chi connectivity index (χ1v) is 11.0. The average Bonchev–Trinajstić information content (AvgIpc) is 2.73. The zero-order chi connectivity index (χ0) is 22.6. The molecule has 0 radical (unpaired) electrons. The van der Waals surface area contributed by atoms with Gasteiger partial charge in [0.25, 0.3) is 5.91 Å². The van der Waals surface area contributed by atoms with E-state index >= 15 is 0 Å². The molecule has 0 aromatic heterocycles. The molecule has 8 heteroatoms. The number of halogens is 1. The van der Waals surface area contributed by atoms with Crippen LogP contribution in [0.15, 0.2) is 65.6 Å². The van der Waals surface area contributed by atoms with Gasteiger partial charge in [-0.15, -0.1) is 0 Å². The number of anilines is 1. The van der Waals surface area contributed by atoms with Crippen LogP contribution >= 0.6 is 0 Å². The third-order valence-electron chi connectivity index (χ3n) is 4.68. The summed E-state index contributed by atoms with van der Waals surface area (Å²) in [6, 6.07) is 15.7. The molecule has 0 aliphatic heterocycles. The molecule has 0 unspecified atom stereocenters. The van der Waals surface area contributed by atoms with Crippen LogP contribution in [0.2, 0.25) is 0 Å². The number of hydrogen-bond donors (Lipinski definition) is 2. The van der Waals surface area contributed by atoms with Gasteiger partial charge >= 0.3 is 0 Å². The molecule has 1 amide bonds. The molecule has 0 heterocycles. The Labute approximate surface area is 181 Å². The quantitative estimate of drug-likeness (QED) is 0.575. The molecule has 3 aromatic rings. The third kappa shape index (κ3) is 5.48. The second-order valence-electron chi connectivity index (χ2n) is 7.11. The SMILES string of the molecule is COc1ccc(C)cc1NC(=O)c1cc(S(=O)(=O)NCc2ccc(C)cc2)ccc1F. The second kappa shape index (κ2) is 9.28. The number of rotatable bonds is 7. The van der Waals surface area contributed by atoms with Gasteiger partial charge in [-0.1, -0.05) is 35.9 Å². The van der Waals surface area contributed by atoms with Crippen LogP contribution in [-0.4, -0.2) is 21.4 Å². The molecule has 0 saturated carbocycles. The van der Waals surface area contributed by atoms with Gasteiger partial charge in [0.15, 0.2) is 0 Å². The molecule has 0 aliphatic rings. The largest absolute Gasteiger partial charge is 0.495 e. The lowest BCUT2D eigenvalue weighted by Crippen LogP contribution is -2.24. The highest BCUT2D eigenvalue weighted by Gasteiger charge is 2.20. The van der Waals surface area contributed by atoms with Crippen LogP contribution < -0.4 is 14.8 Å². The summed E-state index contributed by atoms with van der Waals surface area (Å²) in [5, 5.41) is 2.58. The highest BCUT2D eigenvalue weighted by molar-refractivity contribution is 7.89. The lowest BCUT2D eigenvalue weighted by Gasteiger charge is -2.13. The number of ether oxygens (including phenoxy) is 1. The Balaban J connectivity index is 1.82. The Morgan fingerprint density at radius 3 is 2.32 bits per heavy atom. The summed E-state index contributed by atoms with van der Waals surface area (Å²) in [6.45, 7) is 3.84. The van der Waals surface area contributed by atoms with Crippen LogP contribution in [0.3, 0.4) is 0 Å². The number of carbonyl (C=O) groups is 1. The molecule has 0 atom stereocenters. The van der Waals surface area contributed by atoms with Crippen molar-refractivity contribution in [3.8, 4) is 5.75 Å². The fourth-order valence-corrected chi connectivity index (χ4v) is 3.97. The minimum atomic E-state index is -3.96. The van der Waals surface area contributed by atoms with Gasteiger partial charge in [0.1, 0.15) is 11.6 Å². The van der Waals surface area contributed by atoms with E-state index in [1.807, 2.05) is 44.2 Å². The van der Waals surface area contributed by atoms with Gasteiger partial charge in [-0.05, 0) is 55.3 Å². The Morgan fingerprint density at radius 1 is 0.968 bits per heavy atom. The van der Waals surface area contributed by atoms with Crippen LogP contribution in [0.4, 0.5) is 10.1 Å². The summed E-state index contributed by atoms with van der Waals surface area (Å²) in [4.78, 5) is 12.5. The molecule has 162 valence electrons. The summed E-state index contributed by atoms with van der Waals surface area (Å²) >= 11 is 0. The van der Waals surface area contributed by atoms with Gasteiger partial charge in [-0.25, -0.2) is 17.5 Å². The van der Waals surface area contributed by atoms with Crippen molar-refractivity contribution in [3.05, 3.63) is 88.7 Å². The molecular weight excluding hydrogens is 419 g/mol. The van der Waals surface area contributed by atoms with Crippen molar-refractivity contribution >= 4 is 21.6 Å². The maximum atomic E-state index is 14.4. The van der Waals surface area contributed by atoms with E-state index in [4.69, 9.17) is 4.74 Å². The Kier molecular flexibility index (Phi) is 6.72. The van der Waals surface area contributed by atoms with Crippen molar-refractivity contribution in [1.82, 2.24) is 4.72 Å². The first kappa shape index (κ1) is 22.5. The minimum absolute atomic E-state index is 0.0714. The van der Waals surface area contributed by atoms with Crippen LogP contribution in [0.1, 0.15) is 27.0 Å². The van der Waals surface area contributed by atoms with Crippen molar-refractivity contribution < 1.29 is 22.3 Å². The molecule has 0 spiro atoms. The number of methoxy groups -OCH3 is 1. The maximum Gasteiger partial charge on any atom is 0.258 e. The summed E-state index contributed by atoms with van der Waals surface area (Å²) in [7, 11) is -2.50. The topological polar surface area (TPSA) is 84.5 Å². The number of aryl methyl sites for hydroxylation is 2. The molecule has 3 aromatic carbocycles. The number of benzene rings is 3. The third-order valence-corrected chi connectivity index (χ3v) is 6.08. The normalized spacial score (nSPS) is 11.2. The van der Waals surface area contributed by atoms with E-state index < -0.39 is 21.7 Å². The number of sulfonamides is 1. The predicted molar refractivity (Wildman–Crippen MR) is 117 cm³/mol. The van der Waals surface area contributed by atoms with E-state index in [2.05, 4.69) is 10.0 Å². The van der Waals surface area contributed by atoms with E-state index in [0.717, 1.165) is 34.9 Å². The Morgan fingerprint density at radius 2 is 1.65 bits per heavy atom. The number of nitrogens with one attached hydrogen (secondary N) is 2. The zero-order valence-corrected chi connectivity index (χ0v) is 18.2. The van der Waals surface area contributed by atoms with E-state index in [-0.39, 0.29) is 17.0 Å². The average molecular weight is 443 g/mol.